The first kappa shape index (κ1) is 14.3. The van der Waals surface area contributed by atoms with Gasteiger partial charge in [-0.2, -0.15) is 8.42 Å². The van der Waals surface area contributed by atoms with E-state index in [1.165, 1.54) is 0 Å². The Hall–Kier alpha value is -2.11. The minimum absolute atomic E-state index is 0.290. The van der Waals surface area contributed by atoms with E-state index in [0.29, 0.717) is 6.61 Å². The third kappa shape index (κ3) is 2.89. The lowest BCUT2D eigenvalue weighted by molar-refractivity contribution is -0.424. The Morgan fingerprint density at radius 1 is 1.30 bits per heavy atom. The van der Waals surface area contributed by atoms with Crippen LogP contribution in [-0.2, 0) is 19.0 Å². The smallest absolute Gasteiger partial charge is 0.366 e. The van der Waals surface area contributed by atoms with Gasteiger partial charge in [0.05, 0.1) is 23.1 Å². The van der Waals surface area contributed by atoms with Crippen LogP contribution in [0.1, 0.15) is 0 Å². The Balaban J connectivity index is 2.46. The Morgan fingerprint density at radius 2 is 1.95 bits per heavy atom. The monoisotopic (exact) mass is 304 g/mol. The second-order valence-corrected chi connectivity index (χ2v) is 5.42. The Kier molecular flexibility index (Phi) is 3.65. The molecule has 11 heteroatoms. The van der Waals surface area contributed by atoms with Crippen molar-refractivity contribution in [3.8, 4) is 0 Å². The zero-order valence-corrected chi connectivity index (χ0v) is 10.6. The maximum absolute atomic E-state index is 11.9. The Bertz CT molecular complexity index is 667. The molecule has 1 fully saturated rings. The topological polar surface area (TPSA) is 142 Å². The van der Waals surface area contributed by atoms with Gasteiger partial charge >= 0.3 is 21.5 Å². The van der Waals surface area contributed by atoms with Crippen LogP contribution in [-0.4, -0.2) is 37.6 Å². The van der Waals surface area contributed by atoms with E-state index < -0.39 is 36.2 Å². The molecule has 1 atom stereocenters. The number of benzene rings is 1. The van der Waals surface area contributed by atoms with Gasteiger partial charge in [-0.05, 0) is 6.07 Å². The fourth-order valence-electron chi connectivity index (χ4n) is 1.44. The lowest BCUT2D eigenvalue weighted by atomic mass is 10.3. The number of hydrogen-bond donors (Lipinski definition) is 0. The van der Waals surface area contributed by atoms with Gasteiger partial charge in [-0.25, -0.2) is 0 Å². The van der Waals surface area contributed by atoms with Gasteiger partial charge in [-0.1, -0.05) is 6.07 Å². The first-order valence-corrected chi connectivity index (χ1v) is 6.66. The number of nitro benzene ring substituents is 2. The van der Waals surface area contributed by atoms with Gasteiger partial charge in [0, 0.05) is 6.07 Å². The van der Waals surface area contributed by atoms with E-state index >= 15 is 0 Å². The summed E-state index contributed by atoms with van der Waals surface area (Å²) >= 11 is 0. The molecule has 1 aromatic carbocycles. The van der Waals surface area contributed by atoms with Crippen molar-refractivity contribution < 1.29 is 27.2 Å². The predicted molar refractivity (Wildman–Crippen MR) is 62.6 cm³/mol. The summed E-state index contributed by atoms with van der Waals surface area (Å²) in [5.41, 5.74) is -2.03. The van der Waals surface area contributed by atoms with Gasteiger partial charge in [-0.15, -0.1) is 0 Å². The van der Waals surface area contributed by atoms with Crippen molar-refractivity contribution in [3.05, 3.63) is 38.4 Å². The van der Waals surface area contributed by atoms with Crippen molar-refractivity contribution in [2.75, 3.05) is 13.2 Å². The molecule has 0 saturated carbocycles. The predicted octanol–water partition coefficient (Wildman–Crippen LogP) is 0.607. The summed E-state index contributed by atoms with van der Waals surface area (Å²) in [7, 11) is -4.47. The van der Waals surface area contributed by atoms with Crippen LogP contribution >= 0.6 is 0 Å². The Morgan fingerprint density at radius 3 is 2.45 bits per heavy atom. The molecule has 1 aromatic rings. The number of hydrogen-bond acceptors (Lipinski definition) is 8. The van der Waals surface area contributed by atoms with Gasteiger partial charge in [0.25, 0.3) is 0 Å². The molecule has 0 amide bonds. The van der Waals surface area contributed by atoms with E-state index in [1.807, 2.05) is 0 Å². The third-order valence-corrected chi connectivity index (χ3v) is 3.75. The first-order chi connectivity index (χ1) is 9.33. The van der Waals surface area contributed by atoms with Crippen LogP contribution in [0.4, 0.5) is 11.4 Å². The molecule has 20 heavy (non-hydrogen) atoms. The van der Waals surface area contributed by atoms with Crippen molar-refractivity contribution in [1.82, 2.24) is 0 Å². The number of nitro groups is 2. The van der Waals surface area contributed by atoms with Gasteiger partial charge in [0.15, 0.2) is 4.90 Å². The van der Waals surface area contributed by atoms with Crippen molar-refractivity contribution >= 4 is 21.5 Å². The van der Waals surface area contributed by atoms with E-state index in [4.69, 9.17) is 4.74 Å². The summed E-state index contributed by atoms with van der Waals surface area (Å²) in [6.45, 7) is 0.0503. The normalized spacial score (nSPS) is 17.7. The van der Waals surface area contributed by atoms with E-state index in [-0.39, 0.29) is 12.7 Å². The molecule has 0 bridgehead atoms. The largest absolute Gasteiger partial charge is 0.371 e. The maximum atomic E-state index is 11.9. The molecule has 0 aromatic heterocycles. The first-order valence-electron chi connectivity index (χ1n) is 5.26. The van der Waals surface area contributed by atoms with Crippen molar-refractivity contribution in [3.63, 3.8) is 0 Å². The fraction of sp³-hybridized carbons (Fsp3) is 0.333. The molecule has 1 saturated heterocycles. The second kappa shape index (κ2) is 5.11. The van der Waals surface area contributed by atoms with Crippen LogP contribution in [0.25, 0.3) is 0 Å². The summed E-state index contributed by atoms with van der Waals surface area (Å²) in [5, 5.41) is 21.6. The van der Waals surface area contributed by atoms with Crippen LogP contribution in [0, 0.1) is 20.2 Å². The molecule has 1 aliphatic heterocycles. The van der Waals surface area contributed by atoms with Crippen LogP contribution in [0.15, 0.2) is 23.1 Å². The number of ether oxygens (including phenoxy) is 1. The van der Waals surface area contributed by atoms with Crippen LogP contribution in [0.2, 0.25) is 0 Å². The maximum Gasteiger partial charge on any atom is 0.366 e. The quantitative estimate of drug-likeness (QED) is 0.322. The molecule has 0 N–H and O–H groups in total. The fourth-order valence-corrected chi connectivity index (χ4v) is 2.56. The van der Waals surface area contributed by atoms with Crippen molar-refractivity contribution in [2.45, 2.75) is 11.0 Å². The zero-order chi connectivity index (χ0) is 14.9. The molecule has 108 valence electrons. The van der Waals surface area contributed by atoms with Crippen molar-refractivity contribution in [2.24, 2.45) is 0 Å². The van der Waals surface area contributed by atoms with Gasteiger partial charge in [0.2, 0.25) is 0 Å². The average molecular weight is 304 g/mol. The highest BCUT2D eigenvalue weighted by molar-refractivity contribution is 7.87. The molecule has 1 heterocycles. The highest BCUT2D eigenvalue weighted by Gasteiger charge is 2.36. The number of epoxide rings is 1. The van der Waals surface area contributed by atoms with E-state index in [2.05, 4.69) is 4.18 Å². The molecule has 1 aliphatic rings. The highest BCUT2D eigenvalue weighted by atomic mass is 32.2. The summed E-state index contributed by atoms with van der Waals surface area (Å²) in [6, 6.07) is 2.77. The molecule has 10 nitrogen and oxygen atoms in total. The summed E-state index contributed by atoms with van der Waals surface area (Å²) in [5.74, 6) is 0. The standard InChI is InChI=1S/C9H8N2O8S/c12-10(13)7-2-1-3-8(9(7)11(14)15)20(16,17)19-5-6-4-18-6/h1-3,6H,4-5H2. The van der Waals surface area contributed by atoms with Crippen molar-refractivity contribution in [1.29, 1.82) is 0 Å². The molecule has 0 spiro atoms. The van der Waals surface area contributed by atoms with Crippen LogP contribution in [0.5, 0.6) is 0 Å². The van der Waals surface area contributed by atoms with Gasteiger partial charge in [-0.3, -0.25) is 24.4 Å². The summed E-state index contributed by atoms with van der Waals surface area (Å²) in [6.07, 6.45) is -0.373. The van der Waals surface area contributed by atoms with Gasteiger partial charge in [0.1, 0.15) is 6.10 Å². The zero-order valence-electron chi connectivity index (χ0n) is 9.79. The van der Waals surface area contributed by atoms with E-state index in [1.54, 1.807) is 0 Å². The number of rotatable bonds is 6. The third-order valence-electron chi connectivity index (χ3n) is 2.44. The second-order valence-electron chi connectivity index (χ2n) is 3.83. The van der Waals surface area contributed by atoms with Gasteiger partial charge < -0.3 is 4.74 Å². The molecule has 2 rings (SSSR count). The van der Waals surface area contributed by atoms with E-state index in [9.17, 15) is 28.6 Å². The number of para-hydroxylation sites is 1. The summed E-state index contributed by atoms with van der Waals surface area (Å²) < 4.78 is 33.1. The number of nitrogens with zero attached hydrogens (tertiary/aromatic N) is 2. The van der Waals surface area contributed by atoms with Crippen LogP contribution < -0.4 is 0 Å². The average Bonchev–Trinajstić information content (AvgIpc) is 3.19. The molecule has 1 unspecified atom stereocenters. The minimum Gasteiger partial charge on any atom is -0.371 e. The molecular formula is C9H8N2O8S. The van der Waals surface area contributed by atoms with Crippen LogP contribution in [0.3, 0.4) is 0 Å². The Labute approximate surface area is 112 Å². The minimum atomic E-state index is -4.47. The summed E-state index contributed by atoms with van der Waals surface area (Å²) in [4.78, 5) is 18.6. The lowest BCUT2D eigenvalue weighted by Crippen LogP contribution is -2.13. The van der Waals surface area contributed by atoms with E-state index in [0.717, 1.165) is 18.2 Å². The highest BCUT2D eigenvalue weighted by Crippen LogP contribution is 2.34. The molecule has 0 radical (unpaired) electrons. The molecular weight excluding hydrogens is 296 g/mol. The SMILES string of the molecule is O=[N+]([O-])c1cccc(S(=O)(=O)OCC2CO2)c1[N+](=O)[O-]. The lowest BCUT2D eigenvalue weighted by Gasteiger charge is -2.05. The molecule has 0 aliphatic carbocycles.